The van der Waals surface area contributed by atoms with Crippen LogP contribution >= 0.6 is 0 Å². The van der Waals surface area contributed by atoms with Crippen molar-refractivity contribution in [2.75, 3.05) is 74.6 Å². The summed E-state index contributed by atoms with van der Waals surface area (Å²) in [6.07, 6.45) is 3.11. The minimum Gasteiger partial charge on any atom is -0.379 e. The van der Waals surface area contributed by atoms with E-state index in [1.807, 2.05) is 39.5 Å². The second-order valence-electron chi connectivity index (χ2n) is 15.8. The second kappa shape index (κ2) is 21.6. The number of hydrogen-bond acceptors (Lipinski definition) is 9. The lowest BCUT2D eigenvalue weighted by Crippen LogP contribution is -2.54. The van der Waals surface area contributed by atoms with Gasteiger partial charge in [-0.3, -0.25) is 19.2 Å². The zero-order chi connectivity index (χ0) is 37.7. The number of likely N-dealkylation sites (N-methyl/N-ethyl adjacent to an activating group) is 3. The lowest BCUT2D eigenvalue weighted by atomic mass is 9.84. The molecule has 11 heteroatoms. The SMILES string of the molecule is CC[C@H](C)[C@@H]([C@@H](CC(=O)N1CCC[C@H]1[C@H](OC)[C@@H](C)C(=O)CCCN1CCN(C)CC1)OC)N(C)C(=O)[C@@H](CC(=O)[C@@H](NC)C(C)C)C(C)C. The number of carbonyl (C=O) groups excluding carboxylic acids is 4. The molecule has 0 bridgehead atoms. The Balaban J connectivity index is 2.16. The number of methoxy groups -OCH3 is 2. The van der Waals surface area contributed by atoms with Crippen LogP contribution < -0.4 is 5.32 Å². The molecule has 0 aromatic rings. The number of carbonyl (C=O) groups is 4. The molecule has 2 rings (SSSR count). The number of hydrogen-bond donors (Lipinski definition) is 1. The zero-order valence-corrected chi connectivity index (χ0v) is 33.7. The standard InChI is InChI=1S/C39H73N5O6/c1-13-28(6)37(42(10)39(48)30(26(2)3)24-33(46)36(40-8)27(4)5)34(49-11)25-35(47)44-19-14-16-31(44)38(50-12)29(7)32(45)17-15-18-43-22-20-41(9)21-23-43/h26-31,34,36-38,40H,13-25H2,1-12H3/t28-,29-,30-,31-,34+,36-,37-,38+/m0/s1. The number of nitrogens with zero attached hydrogens (tertiary/aromatic N) is 4. The third-order valence-corrected chi connectivity index (χ3v) is 11.7. The van der Waals surface area contributed by atoms with Crippen LogP contribution in [0.2, 0.25) is 0 Å². The van der Waals surface area contributed by atoms with E-state index in [0.29, 0.717) is 13.0 Å². The second-order valence-corrected chi connectivity index (χ2v) is 15.8. The number of ketones is 2. The molecule has 2 heterocycles. The molecule has 1 N–H and O–H groups in total. The van der Waals surface area contributed by atoms with Gasteiger partial charge in [-0.1, -0.05) is 54.9 Å². The van der Waals surface area contributed by atoms with Crippen LogP contribution in [0.5, 0.6) is 0 Å². The zero-order valence-electron chi connectivity index (χ0n) is 33.7. The summed E-state index contributed by atoms with van der Waals surface area (Å²) in [4.78, 5) is 63.4. The van der Waals surface area contributed by atoms with Crippen LogP contribution in [0.15, 0.2) is 0 Å². The maximum Gasteiger partial charge on any atom is 0.226 e. The van der Waals surface area contributed by atoms with E-state index in [0.717, 1.165) is 58.4 Å². The Hall–Kier alpha value is -1.92. The van der Waals surface area contributed by atoms with Crippen molar-refractivity contribution >= 4 is 23.4 Å². The number of likely N-dealkylation sites (tertiary alicyclic amines) is 1. The lowest BCUT2D eigenvalue weighted by molar-refractivity contribution is -0.149. The smallest absolute Gasteiger partial charge is 0.226 e. The van der Waals surface area contributed by atoms with E-state index in [1.165, 1.54) is 0 Å². The van der Waals surface area contributed by atoms with Crippen molar-refractivity contribution in [2.45, 2.75) is 124 Å². The van der Waals surface area contributed by atoms with Crippen LogP contribution in [0.25, 0.3) is 0 Å². The Morgan fingerprint density at radius 1 is 0.880 bits per heavy atom. The maximum atomic E-state index is 14.2. The van der Waals surface area contributed by atoms with Gasteiger partial charge in [-0.2, -0.15) is 0 Å². The molecular formula is C39H73N5O6. The van der Waals surface area contributed by atoms with Crippen molar-refractivity contribution in [3.63, 3.8) is 0 Å². The summed E-state index contributed by atoms with van der Waals surface area (Å²) in [5.74, 6) is -0.587. The molecule has 0 spiro atoms. The highest BCUT2D eigenvalue weighted by Crippen LogP contribution is 2.31. The fourth-order valence-electron chi connectivity index (χ4n) is 8.20. The van der Waals surface area contributed by atoms with Crippen molar-refractivity contribution in [3.05, 3.63) is 0 Å². The summed E-state index contributed by atoms with van der Waals surface area (Å²) in [6, 6.07) is -0.864. The molecule has 2 aliphatic heterocycles. The van der Waals surface area contributed by atoms with Gasteiger partial charge in [-0.15, -0.1) is 0 Å². The first-order chi connectivity index (χ1) is 23.6. The highest BCUT2D eigenvalue weighted by atomic mass is 16.5. The summed E-state index contributed by atoms with van der Waals surface area (Å²) in [5.41, 5.74) is 0. The molecule has 0 unspecified atom stereocenters. The first-order valence-corrected chi connectivity index (χ1v) is 19.4. The summed E-state index contributed by atoms with van der Waals surface area (Å²) in [5, 5.41) is 3.12. The summed E-state index contributed by atoms with van der Waals surface area (Å²) >= 11 is 0. The summed E-state index contributed by atoms with van der Waals surface area (Å²) in [7, 11) is 8.98. The van der Waals surface area contributed by atoms with Gasteiger partial charge in [0, 0.05) is 78.7 Å². The molecule has 11 nitrogen and oxygen atoms in total. The highest BCUT2D eigenvalue weighted by Gasteiger charge is 2.43. The molecule has 2 saturated heterocycles. The van der Waals surface area contributed by atoms with Crippen molar-refractivity contribution < 1.29 is 28.7 Å². The monoisotopic (exact) mass is 708 g/mol. The summed E-state index contributed by atoms with van der Waals surface area (Å²) < 4.78 is 12.0. The van der Waals surface area contributed by atoms with E-state index < -0.39 is 12.0 Å². The molecule has 8 atom stereocenters. The first kappa shape index (κ1) is 44.2. The number of nitrogens with one attached hydrogen (secondary N) is 1. The Kier molecular flexibility index (Phi) is 19.1. The van der Waals surface area contributed by atoms with Crippen LogP contribution in [-0.2, 0) is 28.7 Å². The third kappa shape index (κ3) is 12.1. The van der Waals surface area contributed by atoms with E-state index in [1.54, 1.807) is 33.2 Å². The molecular weight excluding hydrogens is 634 g/mol. The number of ether oxygens (including phenoxy) is 2. The average molecular weight is 708 g/mol. The fraction of sp³-hybridized carbons (Fsp3) is 0.897. The van der Waals surface area contributed by atoms with Crippen molar-refractivity contribution in [1.82, 2.24) is 24.9 Å². The molecule has 290 valence electrons. The molecule has 0 radical (unpaired) electrons. The van der Waals surface area contributed by atoms with Crippen LogP contribution in [-0.4, -0.2) is 148 Å². The Labute approximate surface area is 304 Å². The van der Waals surface area contributed by atoms with E-state index in [9.17, 15) is 19.2 Å². The Bertz CT molecular complexity index is 1060. The highest BCUT2D eigenvalue weighted by molar-refractivity contribution is 5.90. The normalized spacial score (nSPS) is 21.9. The number of piperazine rings is 1. The van der Waals surface area contributed by atoms with E-state index >= 15 is 0 Å². The van der Waals surface area contributed by atoms with Gasteiger partial charge in [0.15, 0.2) is 5.78 Å². The van der Waals surface area contributed by atoms with Gasteiger partial charge in [-0.05, 0) is 57.7 Å². The minimum atomic E-state index is -0.536. The van der Waals surface area contributed by atoms with Gasteiger partial charge in [0.1, 0.15) is 5.78 Å². The van der Waals surface area contributed by atoms with E-state index in [2.05, 4.69) is 36.0 Å². The molecule has 0 aromatic heterocycles. The van der Waals surface area contributed by atoms with Gasteiger partial charge >= 0.3 is 0 Å². The molecule has 0 aromatic carbocycles. The maximum absolute atomic E-state index is 14.2. The van der Waals surface area contributed by atoms with Crippen LogP contribution in [0, 0.1) is 29.6 Å². The molecule has 2 aliphatic rings. The van der Waals surface area contributed by atoms with Crippen LogP contribution in [0.4, 0.5) is 0 Å². The van der Waals surface area contributed by atoms with Crippen LogP contribution in [0.1, 0.15) is 93.4 Å². The Morgan fingerprint density at radius 3 is 2.04 bits per heavy atom. The van der Waals surface area contributed by atoms with Gasteiger partial charge in [0.25, 0.3) is 0 Å². The number of amides is 2. The van der Waals surface area contributed by atoms with Gasteiger partial charge in [0.2, 0.25) is 11.8 Å². The average Bonchev–Trinajstić information content (AvgIpc) is 3.57. The van der Waals surface area contributed by atoms with Crippen molar-refractivity contribution in [1.29, 1.82) is 0 Å². The predicted molar refractivity (Wildman–Crippen MR) is 200 cm³/mol. The lowest BCUT2D eigenvalue weighted by Gasteiger charge is -2.41. The van der Waals surface area contributed by atoms with Gasteiger partial charge in [-0.25, -0.2) is 0 Å². The molecule has 0 aliphatic carbocycles. The number of rotatable bonds is 22. The number of Topliss-reactive ketones (excluding diaryl/α,β-unsaturated/α-hetero) is 2. The van der Waals surface area contributed by atoms with Gasteiger partial charge < -0.3 is 34.4 Å². The quantitative estimate of drug-likeness (QED) is 0.179. The third-order valence-electron chi connectivity index (χ3n) is 11.7. The Morgan fingerprint density at radius 2 is 1.52 bits per heavy atom. The molecule has 50 heavy (non-hydrogen) atoms. The van der Waals surface area contributed by atoms with Crippen molar-refractivity contribution in [3.8, 4) is 0 Å². The fourth-order valence-corrected chi connectivity index (χ4v) is 8.20. The van der Waals surface area contributed by atoms with Crippen LogP contribution in [0.3, 0.4) is 0 Å². The van der Waals surface area contributed by atoms with Gasteiger partial charge in [0.05, 0.1) is 36.8 Å². The molecule has 2 fully saturated rings. The molecule has 2 amide bonds. The minimum absolute atomic E-state index is 0.0356. The molecule has 0 saturated carbocycles. The largest absolute Gasteiger partial charge is 0.379 e. The predicted octanol–water partition coefficient (Wildman–Crippen LogP) is 3.98. The van der Waals surface area contributed by atoms with E-state index in [4.69, 9.17) is 9.47 Å². The van der Waals surface area contributed by atoms with E-state index in [-0.39, 0.29) is 84.1 Å². The summed E-state index contributed by atoms with van der Waals surface area (Å²) in [6.45, 7) is 19.8. The first-order valence-electron chi connectivity index (χ1n) is 19.4. The topological polar surface area (TPSA) is 112 Å². The van der Waals surface area contributed by atoms with Crippen molar-refractivity contribution in [2.24, 2.45) is 29.6 Å².